The second-order valence-corrected chi connectivity index (χ2v) is 6.25. The van der Waals surface area contributed by atoms with Crippen molar-refractivity contribution in [1.29, 1.82) is 0 Å². The van der Waals surface area contributed by atoms with Crippen LogP contribution in [0.4, 0.5) is 5.69 Å². The Labute approximate surface area is 118 Å². The van der Waals surface area contributed by atoms with E-state index in [1.54, 1.807) is 12.1 Å². The summed E-state index contributed by atoms with van der Waals surface area (Å²) in [6.07, 6.45) is 6.33. The lowest BCUT2D eigenvalue weighted by atomic mass is 10.1. The maximum absolute atomic E-state index is 10.6. The third kappa shape index (κ3) is 3.94. The molecule has 104 valence electrons. The highest BCUT2D eigenvalue weighted by atomic mass is 32.2. The summed E-state index contributed by atoms with van der Waals surface area (Å²) in [5.41, 5.74) is 0.162. The summed E-state index contributed by atoms with van der Waals surface area (Å²) in [5.74, 6) is 0. The van der Waals surface area contributed by atoms with Gasteiger partial charge in [0.05, 0.1) is 4.92 Å². The minimum Gasteiger partial charge on any atom is -0.316 e. The Hall–Kier alpha value is -1.07. The molecule has 1 N–H and O–H groups in total. The number of benzene rings is 1. The maximum Gasteiger partial charge on any atom is 0.269 e. The van der Waals surface area contributed by atoms with Gasteiger partial charge in [-0.05, 0) is 32.0 Å². The Morgan fingerprint density at radius 1 is 1.21 bits per heavy atom. The Morgan fingerprint density at radius 2 is 1.89 bits per heavy atom. The number of rotatable bonds is 4. The number of nitro benzene ring substituents is 1. The summed E-state index contributed by atoms with van der Waals surface area (Å²) in [6, 6.07) is 7.45. The molecule has 1 fully saturated rings. The van der Waals surface area contributed by atoms with E-state index < -0.39 is 0 Å². The first-order valence-corrected chi connectivity index (χ1v) is 7.67. The molecule has 1 aromatic carbocycles. The molecule has 1 aliphatic rings. The fourth-order valence-electron chi connectivity index (χ4n) is 2.57. The quantitative estimate of drug-likeness (QED) is 0.520. The molecule has 4 nitrogen and oxygen atoms in total. The fraction of sp³-hybridized carbons (Fsp3) is 0.571. The first kappa shape index (κ1) is 14.3. The summed E-state index contributed by atoms with van der Waals surface area (Å²) in [7, 11) is 2.03. The van der Waals surface area contributed by atoms with Gasteiger partial charge in [0.25, 0.3) is 5.69 Å². The van der Waals surface area contributed by atoms with Crippen molar-refractivity contribution >= 4 is 17.4 Å². The molecule has 5 heteroatoms. The lowest BCUT2D eigenvalue weighted by Crippen LogP contribution is -2.34. The monoisotopic (exact) mass is 280 g/mol. The molecule has 2 atom stereocenters. The molecule has 1 aliphatic carbocycles. The molecule has 0 bridgehead atoms. The number of nitrogens with one attached hydrogen (secondary N) is 1. The number of non-ortho nitro benzene ring substituents is 1. The van der Waals surface area contributed by atoms with Gasteiger partial charge in [0.15, 0.2) is 0 Å². The number of nitrogens with zero attached hydrogens (tertiary/aromatic N) is 1. The van der Waals surface area contributed by atoms with Gasteiger partial charge in [0.1, 0.15) is 0 Å². The topological polar surface area (TPSA) is 55.2 Å². The van der Waals surface area contributed by atoms with Gasteiger partial charge in [0.2, 0.25) is 0 Å². The highest BCUT2D eigenvalue weighted by molar-refractivity contribution is 8.00. The van der Waals surface area contributed by atoms with E-state index in [0.29, 0.717) is 11.3 Å². The largest absolute Gasteiger partial charge is 0.316 e. The third-order valence-corrected chi connectivity index (χ3v) is 5.07. The molecule has 0 spiro atoms. The minimum absolute atomic E-state index is 0.162. The van der Waals surface area contributed by atoms with E-state index in [2.05, 4.69) is 5.32 Å². The van der Waals surface area contributed by atoms with E-state index in [-0.39, 0.29) is 10.6 Å². The van der Waals surface area contributed by atoms with Crippen LogP contribution in [0.15, 0.2) is 29.2 Å². The van der Waals surface area contributed by atoms with Gasteiger partial charge in [-0.2, -0.15) is 0 Å². The van der Waals surface area contributed by atoms with Crippen LogP contribution >= 0.6 is 11.8 Å². The van der Waals surface area contributed by atoms with Crippen molar-refractivity contribution < 1.29 is 4.92 Å². The van der Waals surface area contributed by atoms with E-state index in [1.807, 2.05) is 30.9 Å². The predicted molar refractivity (Wildman–Crippen MR) is 78.7 cm³/mol. The van der Waals surface area contributed by atoms with E-state index in [1.165, 1.54) is 32.1 Å². The molecular formula is C14H20N2O2S. The predicted octanol–water partition coefficient (Wildman–Crippen LogP) is 3.61. The second-order valence-electron chi connectivity index (χ2n) is 4.94. The highest BCUT2D eigenvalue weighted by Gasteiger charge is 2.23. The van der Waals surface area contributed by atoms with Gasteiger partial charge in [-0.25, -0.2) is 0 Å². The molecular weight excluding hydrogens is 260 g/mol. The van der Waals surface area contributed by atoms with Gasteiger partial charge in [-0.15, -0.1) is 11.8 Å². The lowest BCUT2D eigenvalue weighted by Gasteiger charge is -2.24. The molecule has 19 heavy (non-hydrogen) atoms. The summed E-state index contributed by atoms with van der Waals surface area (Å²) >= 11 is 1.85. The fourth-order valence-corrected chi connectivity index (χ4v) is 3.93. The van der Waals surface area contributed by atoms with Gasteiger partial charge in [0, 0.05) is 28.3 Å². The summed E-state index contributed by atoms with van der Waals surface area (Å²) in [5, 5.41) is 14.6. The minimum atomic E-state index is -0.351. The van der Waals surface area contributed by atoms with Crippen LogP contribution in [0.3, 0.4) is 0 Å². The standard InChI is InChI=1S/C14H20N2O2S/c1-15-13-5-3-2-4-6-14(13)19-12-9-7-11(8-10-12)16(17)18/h7-10,13-15H,2-6H2,1H3. The number of hydrogen-bond donors (Lipinski definition) is 1. The van der Waals surface area contributed by atoms with Gasteiger partial charge < -0.3 is 5.32 Å². The summed E-state index contributed by atoms with van der Waals surface area (Å²) < 4.78 is 0. The van der Waals surface area contributed by atoms with Crippen LogP contribution in [0.1, 0.15) is 32.1 Å². The Balaban J connectivity index is 2.03. The molecule has 1 aromatic rings. The zero-order valence-corrected chi connectivity index (χ0v) is 12.0. The Morgan fingerprint density at radius 3 is 2.53 bits per heavy atom. The van der Waals surface area contributed by atoms with Crippen LogP contribution in [0.2, 0.25) is 0 Å². The van der Waals surface area contributed by atoms with E-state index in [9.17, 15) is 10.1 Å². The van der Waals surface area contributed by atoms with Crippen molar-refractivity contribution in [3.8, 4) is 0 Å². The van der Waals surface area contributed by atoms with Gasteiger partial charge >= 0.3 is 0 Å². The van der Waals surface area contributed by atoms with E-state index in [0.717, 1.165) is 4.90 Å². The first-order chi connectivity index (χ1) is 9.20. The SMILES string of the molecule is CNC1CCCCCC1Sc1ccc([N+](=O)[O-])cc1. The van der Waals surface area contributed by atoms with Crippen molar-refractivity contribution in [2.75, 3.05) is 7.05 Å². The van der Waals surface area contributed by atoms with Gasteiger partial charge in [-0.1, -0.05) is 19.3 Å². The molecule has 0 radical (unpaired) electrons. The van der Waals surface area contributed by atoms with Crippen molar-refractivity contribution in [1.82, 2.24) is 5.32 Å². The van der Waals surface area contributed by atoms with Crippen LogP contribution in [-0.4, -0.2) is 23.3 Å². The maximum atomic E-state index is 10.6. The van der Waals surface area contributed by atoms with Crippen molar-refractivity contribution in [2.24, 2.45) is 0 Å². The third-order valence-electron chi connectivity index (χ3n) is 3.66. The molecule has 2 rings (SSSR count). The zero-order chi connectivity index (χ0) is 13.7. The smallest absolute Gasteiger partial charge is 0.269 e. The van der Waals surface area contributed by atoms with Crippen molar-refractivity contribution in [3.05, 3.63) is 34.4 Å². The van der Waals surface area contributed by atoms with E-state index in [4.69, 9.17) is 0 Å². The normalized spacial score (nSPS) is 23.8. The van der Waals surface area contributed by atoms with Crippen molar-refractivity contribution in [3.63, 3.8) is 0 Å². The average Bonchev–Trinajstić information content (AvgIpc) is 2.64. The van der Waals surface area contributed by atoms with Gasteiger partial charge in [-0.3, -0.25) is 10.1 Å². The van der Waals surface area contributed by atoms with Crippen LogP contribution in [0, 0.1) is 10.1 Å². The summed E-state index contributed by atoms with van der Waals surface area (Å²) in [4.78, 5) is 11.4. The second kappa shape index (κ2) is 6.91. The van der Waals surface area contributed by atoms with Crippen LogP contribution in [-0.2, 0) is 0 Å². The molecule has 0 heterocycles. The molecule has 0 saturated heterocycles. The Bertz CT molecular complexity index is 422. The van der Waals surface area contributed by atoms with Crippen LogP contribution < -0.4 is 5.32 Å². The molecule has 2 unspecified atom stereocenters. The number of hydrogen-bond acceptors (Lipinski definition) is 4. The van der Waals surface area contributed by atoms with Crippen molar-refractivity contribution in [2.45, 2.75) is 48.3 Å². The average molecular weight is 280 g/mol. The van der Waals surface area contributed by atoms with Crippen LogP contribution in [0.5, 0.6) is 0 Å². The lowest BCUT2D eigenvalue weighted by molar-refractivity contribution is -0.384. The molecule has 0 amide bonds. The zero-order valence-electron chi connectivity index (χ0n) is 11.2. The first-order valence-electron chi connectivity index (χ1n) is 6.79. The number of nitro groups is 1. The van der Waals surface area contributed by atoms with E-state index >= 15 is 0 Å². The van der Waals surface area contributed by atoms with Crippen LogP contribution in [0.25, 0.3) is 0 Å². The molecule has 0 aromatic heterocycles. The summed E-state index contributed by atoms with van der Waals surface area (Å²) in [6.45, 7) is 0. The molecule has 0 aliphatic heterocycles. The Kier molecular flexibility index (Phi) is 5.22. The molecule has 1 saturated carbocycles. The number of thioether (sulfide) groups is 1. The highest BCUT2D eigenvalue weighted by Crippen LogP contribution is 2.33.